The van der Waals surface area contributed by atoms with E-state index in [2.05, 4.69) is 34.5 Å². The van der Waals surface area contributed by atoms with Crippen molar-refractivity contribution >= 4 is 11.7 Å². The van der Waals surface area contributed by atoms with Crippen LogP contribution >= 0.6 is 0 Å². The summed E-state index contributed by atoms with van der Waals surface area (Å²) in [6, 6.07) is 19.6. The molecule has 0 radical (unpaired) electrons. The quantitative estimate of drug-likeness (QED) is 0.362. The molecule has 3 atom stereocenters. The topological polar surface area (TPSA) is 99.1 Å². The highest BCUT2D eigenvalue weighted by Gasteiger charge is 2.64. The molecule has 1 saturated heterocycles. The predicted molar refractivity (Wildman–Crippen MR) is 164 cm³/mol. The molecule has 7 heteroatoms. The number of nitrogens with one attached hydrogen (secondary N) is 1. The number of phenolic OH excluding ortho intramolecular Hbond substituents is 1. The smallest absolute Gasteiger partial charge is 0.255 e. The molecule has 1 heterocycles. The van der Waals surface area contributed by atoms with Crippen molar-refractivity contribution in [3.8, 4) is 22.6 Å². The van der Waals surface area contributed by atoms with Gasteiger partial charge in [-0.3, -0.25) is 14.5 Å². The first-order valence-electron chi connectivity index (χ1n) is 15.4. The van der Waals surface area contributed by atoms with Crippen molar-refractivity contribution in [3.63, 3.8) is 0 Å². The number of piperidine rings is 1. The van der Waals surface area contributed by atoms with E-state index in [0.717, 1.165) is 41.1 Å². The highest BCUT2D eigenvalue weighted by atomic mass is 16.5. The first-order chi connectivity index (χ1) is 20.8. The van der Waals surface area contributed by atoms with Crippen LogP contribution in [-0.4, -0.2) is 65.2 Å². The van der Waals surface area contributed by atoms with Gasteiger partial charge >= 0.3 is 0 Å². The largest absolute Gasteiger partial charge is 0.507 e. The Balaban J connectivity index is 1.08. The number of likely N-dealkylation sites (tertiary alicyclic amines) is 1. The fraction of sp³-hybridized carbons (Fsp3) is 0.389. The van der Waals surface area contributed by atoms with E-state index in [-0.39, 0.29) is 35.5 Å². The van der Waals surface area contributed by atoms with Crippen LogP contribution in [0.3, 0.4) is 0 Å². The van der Waals surface area contributed by atoms with Crippen LogP contribution in [-0.2, 0) is 23.1 Å². The summed E-state index contributed by atoms with van der Waals surface area (Å²) in [5.74, 6) is 0.978. The maximum Gasteiger partial charge on any atom is 0.255 e. The van der Waals surface area contributed by atoms with Crippen LogP contribution in [0.1, 0.15) is 52.7 Å². The molecule has 43 heavy (non-hydrogen) atoms. The number of hydrogen-bond donors (Lipinski definition) is 3. The standard InChI is InChI=1S/C36H38N2O5/c1-43-29-11-8-26(9-12-29)25-6-4-23(5-7-25)15-18-37-34(41)30-13-10-27-20-31-36(42)16-14-28(39)21-35(36,32(27)33(30)40)17-19-38(31)22-24-2-3-24/h4-14,16,24,31,40,42H,2-3,15,17-22H2,1H3,(H,37,41)/t31?,35?,36-/m1/s1. The van der Waals surface area contributed by atoms with Crippen LogP contribution in [0.4, 0.5) is 0 Å². The molecule has 7 nitrogen and oxygen atoms in total. The third kappa shape index (κ3) is 4.75. The van der Waals surface area contributed by atoms with Crippen LogP contribution in [0, 0.1) is 5.92 Å². The summed E-state index contributed by atoms with van der Waals surface area (Å²) in [7, 11) is 1.65. The Morgan fingerprint density at radius 2 is 1.77 bits per heavy atom. The first kappa shape index (κ1) is 27.9. The Kier molecular flexibility index (Phi) is 6.90. The van der Waals surface area contributed by atoms with Gasteiger partial charge in [0.05, 0.1) is 12.7 Å². The molecular formula is C36H38N2O5. The molecule has 7 rings (SSSR count). The number of aromatic hydroxyl groups is 1. The lowest BCUT2D eigenvalue weighted by Crippen LogP contribution is -2.72. The van der Waals surface area contributed by atoms with Crippen LogP contribution < -0.4 is 10.1 Å². The van der Waals surface area contributed by atoms with Gasteiger partial charge in [0.15, 0.2) is 5.78 Å². The number of carbonyl (C=O) groups is 2. The fourth-order valence-electron chi connectivity index (χ4n) is 7.71. The number of nitrogens with zero attached hydrogens (tertiary/aromatic N) is 1. The Morgan fingerprint density at radius 3 is 2.47 bits per heavy atom. The lowest BCUT2D eigenvalue weighted by Gasteiger charge is -2.61. The van der Waals surface area contributed by atoms with E-state index in [4.69, 9.17) is 4.74 Å². The normalized spacial score (nSPS) is 26.0. The van der Waals surface area contributed by atoms with E-state index in [1.807, 2.05) is 30.3 Å². The lowest BCUT2D eigenvalue weighted by atomic mass is 9.51. The monoisotopic (exact) mass is 578 g/mol. The molecule has 0 spiro atoms. The fourth-order valence-corrected chi connectivity index (χ4v) is 7.71. The maximum absolute atomic E-state index is 13.4. The zero-order valence-electron chi connectivity index (χ0n) is 24.5. The average Bonchev–Trinajstić information content (AvgIpc) is 3.83. The van der Waals surface area contributed by atoms with E-state index in [0.29, 0.717) is 37.3 Å². The third-order valence-electron chi connectivity index (χ3n) is 10.2. The van der Waals surface area contributed by atoms with Gasteiger partial charge < -0.3 is 20.3 Å². The van der Waals surface area contributed by atoms with Gasteiger partial charge in [-0.05, 0) is 97.2 Å². The van der Waals surface area contributed by atoms with Gasteiger partial charge in [-0.15, -0.1) is 0 Å². The second-order valence-electron chi connectivity index (χ2n) is 12.7. The molecule has 0 aromatic heterocycles. The van der Waals surface area contributed by atoms with Gasteiger partial charge in [0.1, 0.15) is 17.1 Å². The minimum Gasteiger partial charge on any atom is -0.507 e. The minimum atomic E-state index is -1.27. The molecule has 222 valence electrons. The number of ketones is 1. The second kappa shape index (κ2) is 10.6. The van der Waals surface area contributed by atoms with Crippen molar-refractivity contribution in [2.75, 3.05) is 26.7 Å². The van der Waals surface area contributed by atoms with Gasteiger partial charge in [-0.25, -0.2) is 0 Å². The highest BCUT2D eigenvalue weighted by Crippen LogP contribution is 2.58. The molecule has 2 unspecified atom stereocenters. The summed E-state index contributed by atoms with van der Waals surface area (Å²) >= 11 is 0. The zero-order valence-corrected chi connectivity index (χ0v) is 24.5. The van der Waals surface area contributed by atoms with Gasteiger partial charge in [-0.1, -0.05) is 42.5 Å². The molecule has 3 aromatic carbocycles. The molecule has 1 saturated carbocycles. The van der Waals surface area contributed by atoms with E-state index < -0.39 is 11.0 Å². The van der Waals surface area contributed by atoms with Crippen molar-refractivity contribution in [3.05, 3.63) is 95.1 Å². The Morgan fingerprint density at radius 1 is 1.05 bits per heavy atom. The number of amides is 1. The Hall–Kier alpha value is -3.94. The van der Waals surface area contributed by atoms with Crippen molar-refractivity contribution in [2.24, 2.45) is 5.92 Å². The highest BCUT2D eigenvalue weighted by molar-refractivity contribution is 5.98. The van der Waals surface area contributed by atoms with E-state index >= 15 is 0 Å². The van der Waals surface area contributed by atoms with Gasteiger partial charge in [0, 0.05) is 36.5 Å². The minimum absolute atomic E-state index is 0.0563. The average molecular weight is 579 g/mol. The number of hydrogen-bond acceptors (Lipinski definition) is 6. The lowest BCUT2D eigenvalue weighted by molar-refractivity contribution is -0.139. The Labute approximate surface area is 252 Å². The molecule has 3 aromatic rings. The summed E-state index contributed by atoms with van der Waals surface area (Å²) in [6.07, 6.45) is 7.54. The number of methoxy groups -OCH3 is 1. The van der Waals surface area contributed by atoms with Crippen LogP contribution in [0.25, 0.3) is 11.1 Å². The third-order valence-corrected chi connectivity index (χ3v) is 10.2. The van der Waals surface area contributed by atoms with Gasteiger partial charge in [0.2, 0.25) is 0 Å². The Bertz CT molecular complexity index is 1590. The first-order valence-corrected chi connectivity index (χ1v) is 15.4. The van der Waals surface area contributed by atoms with Gasteiger partial charge in [0.25, 0.3) is 5.91 Å². The molecule has 4 aliphatic rings. The molecular weight excluding hydrogens is 540 g/mol. The molecule has 1 aliphatic heterocycles. The van der Waals surface area contributed by atoms with E-state index in [1.165, 1.54) is 18.9 Å². The van der Waals surface area contributed by atoms with Crippen LogP contribution in [0.2, 0.25) is 0 Å². The number of aliphatic hydroxyl groups is 1. The summed E-state index contributed by atoms with van der Waals surface area (Å²) in [6.45, 7) is 2.12. The van der Waals surface area contributed by atoms with E-state index in [9.17, 15) is 19.8 Å². The molecule has 2 bridgehead atoms. The summed E-state index contributed by atoms with van der Waals surface area (Å²) in [4.78, 5) is 28.5. The second-order valence-corrected chi connectivity index (χ2v) is 12.7. The summed E-state index contributed by atoms with van der Waals surface area (Å²) in [5, 5.41) is 26.9. The molecule has 3 N–H and O–H groups in total. The molecule has 1 amide bonds. The van der Waals surface area contributed by atoms with Gasteiger partial charge in [-0.2, -0.15) is 0 Å². The SMILES string of the molecule is COc1ccc(-c2ccc(CCNC(=O)c3ccc4c(c3O)C35CCN(CC6CC6)C(C4)[C@]3(O)C=CC(=O)C5)cc2)cc1. The number of carbonyl (C=O) groups excluding carboxylic acids is 2. The van der Waals surface area contributed by atoms with Crippen molar-refractivity contribution in [2.45, 2.75) is 55.6 Å². The van der Waals surface area contributed by atoms with Crippen LogP contribution in [0.15, 0.2) is 72.8 Å². The van der Waals surface area contributed by atoms with E-state index in [1.54, 1.807) is 19.3 Å². The predicted octanol–water partition coefficient (Wildman–Crippen LogP) is 4.58. The number of benzene rings is 3. The number of allylic oxidation sites excluding steroid dienone is 1. The molecule has 3 aliphatic carbocycles. The number of rotatable bonds is 8. The summed E-state index contributed by atoms with van der Waals surface area (Å²) < 4.78 is 5.24. The van der Waals surface area contributed by atoms with Crippen molar-refractivity contribution in [1.29, 1.82) is 0 Å². The number of ether oxygens (including phenoxy) is 1. The van der Waals surface area contributed by atoms with Crippen LogP contribution in [0.5, 0.6) is 11.5 Å². The molecule has 2 fully saturated rings. The number of phenols is 1. The van der Waals surface area contributed by atoms with Crippen molar-refractivity contribution < 1.29 is 24.5 Å². The zero-order chi connectivity index (χ0) is 29.8. The number of fused-ring (bicyclic) bond motifs is 1. The maximum atomic E-state index is 13.4. The van der Waals surface area contributed by atoms with Crippen molar-refractivity contribution in [1.82, 2.24) is 10.2 Å². The summed E-state index contributed by atoms with van der Waals surface area (Å²) in [5.41, 5.74) is 2.77.